The Kier molecular flexibility index (Phi) is 24.9. The second-order valence-electron chi connectivity index (χ2n) is 30.2. The molecule has 2 heterocycles. The summed E-state index contributed by atoms with van der Waals surface area (Å²) in [4.78, 5) is 76.7. The maximum atomic E-state index is 13.2. The molecule has 6 aliphatic carbocycles. The molecule has 0 radical (unpaired) electrons. The third-order valence-electron chi connectivity index (χ3n) is 21.7. The molecule has 14 heteroatoms. The van der Waals surface area contributed by atoms with Gasteiger partial charge in [-0.1, -0.05) is 123 Å². The topological polar surface area (TPSA) is 198 Å². The van der Waals surface area contributed by atoms with Gasteiger partial charge in [-0.05, 0) is 195 Å². The number of fused-ring (bicyclic) bond motifs is 3. The summed E-state index contributed by atoms with van der Waals surface area (Å²) in [5.41, 5.74) is 2.10. The number of aliphatic hydroxyl groups is 2. The van der Waals surface area contributed by atoms with Crippen LogP contribution >= 0.6 is 0 Å². The molecule has 14 nitrogen and oxygen atoms in total. The number of esters is 6. The van der Waals surface area contributed by atoms with Crippen molar-refractivity contribution in [1.29, 1.82) is 0 Å². The molecule has 1 saturated heterocycles. The first-order valence-corrected chi connectivity index (χ1v) is 34.4. The fraction of sp³-hybridized carbons (Fsp3) is 0.733. The van der Waals surface area contributed by atoms with Crippen LogP contribution in [0.3, 0.4) is 0 Å². The van der Waals surface area contributed by atoms with Gasteiger partial charge >= 0.3 is 35.8 Å². The van der Waals surface area contributed by atoms with Crippen LogP contribution in [0.15, 0.2) is 83.6 Å². The van der Waals surface area contributed by atoms with E-state index in [-0.39, 0.29) is 121 Å². The number of hydrogen-bond donors (Lipinski definition) is 2. The number of ether oxygens (including phenoxy) is 6. The lowest BCUT2D eigenvalue weighted by atomic mass is 9.65. The van der Waals surface area contributed by atoms with Crippen molar-refractivity contribution in [3.63, 3.8) is 0 Å². The number of carbonyl (C=O) groups excluding carboxylic acids is 6. The van der Waals surface area contributed by atoms with Gasteiger partial charge in [0.25, 0.3) is 0 Å². The van der Waals surface area contributed by atoms with E-state index in [4.69, 9.17) is 28.4 Å². The number of rotatable bonds is 23. The second-order valence-corrected chi connectivity index (χ2v) is 30.2. The number of cyclic esters (lactones) is 2. The molecular weight excluding hydrogens is 1120 g/mol. The van der Waals surface area contributed by atoms with E-state index in [9.17, 15) is 39.0 Å². The molecule has 8 aliphatic rings. The Bertz CT molecular complexity index is 2700. The van der Waals surface area contributed by atoms with Crippen LogP contribution in [-0.4, -0.2) is 94.9 Å². The SMILES string of the molecule is CCC(C)(C)C(=O)O[C@H]1C[C@@H](C)C=C2C=C[C@H](C)C(CCC(O)CC(O)CC(=O)OC3CC(=O)OC(CCC4[C@H](C)C=CC5=C[C@@H](C)C[C@@H](OC(=O)C(C)(C)CC)[C@H]54)C3)[C@H]21.CCC(C)(C)C(=O)O[C@H]1C[C@@H](C)C=C2C=C[C@H](C)[C@H](CCC3CC=CC(=O)O3)[C@H]21. The largest absolute Gasteiger partial charge is 0.462 e. The van der Waals surface area contributed by atoms with Crippen LogP contribution in [0.2, 0.25) is 0 Å². The third kappa shape index (κ3) is 18.8. The summed E-state index contributed by atoms with van der Waals surface area (Å²) in [6.07, 6.45) is 29.6. The quantitative estimate of drug-likeness (QED) is 0.0723. The highest BCUT2D eigenvalue weighted by Gasteiger charge is 2.47. The molecule has 0 bridgehead atoms. The molecule has 0 amide bonds. The zero-order valence-electron chi connectivity index (χ0n) is 56.7. The van der Waals surface area contributed by atoms with E-state index >= 15 is 0 Å². The van der Waals surface area contributed by atoms with Gasteiger partial charge in [-0.15, -0.1) is 0 Å². The summed E-state index contributed by atoms with van der Waals surface area (Å²) in [6, 6.07) is 0. The Balaban J connectivity index is 0.000000323. The van der Waals surface area contributed by atoms with Crippen molar-refractivity contribution in [2.45, 2.75) is 262 Å². The number of carbonyl (C=O) groups is 6. The predicted molar refractivity (Wildman–Crippen MR) is 345 cm³/mol. The first-order valence-electron chi connectivity index (χ1n) is 34.4. The normalized spacial score (nSPS) is 34.0. The number of aliphatic hydroxyl groups excluding tert-OH is 2. The van der Waals surface area contributed by atoms with Crippen LogP contribution < -0.4 is 0 Å². The fourth-order valence-corrected chi connectivity index (χ4v) is 14.9. The molecule has 7 unspecified atom stereocenters. The maximum Gasteiger partial charge on any atom is 0.330 e. The summed E-state index contributed by atoms with van der Waals surface area (Å²) in [5, 5.41) is 22.0. The Morgan fingerprint density at radius 3 is 1.34 bits per heavy atom. The van der Waals surface area contributed by atoms with Crippen LogP contribution in [0.1, 0.15) is 213 Å². The van der Waals surface area contributed by atoms with E-state index in [1.165, 1.54) is 22.8 Å². The Morgan fingerprint density at radius 1 is 0.528 bits per heavy atom. The number of allylic oxidation sites excluding steroid dienone is 9. The summed E-state index contributed by atoms with van der Waals surface area (Å²) in [7, 11) is 0. The summed E-state index contributed by atoms with van der Waals surface area (Å²) < 4.78 is 35.7. The molecule has 0 spiro atoms. The van der Waals surface area contributed by atoms with Gasteiger partial charge in [0.15, 0.2) is 0 Å². The van der Waals surface area contributed by atoms with Gasteiger partial charge < -0.3 is 38.6 Å². The molecule has 89 heavy (non-hydrogen) atoms. The van der Waals surface area contributed by atoms with Crippen molar-refractivity contribution < 1.29 is 67.4 Å². The van der Waals surface area contributed by atoms with Gasteiger partial charge in [0.05, 0.1) is 41.3 Å². The van der Waals surface area contributed by atoms with E-state index in [1.807, 2.05) is 68.4 Å². The summed E-state index contributed by atoms with van der Waals surface area (Å²) in [6.45, 7) is 30.7. The Labute approximate surface area is 533 Å². The lowest BCUT2D eigenvalue weighted by Gasteiger charge is -2.44. The molecule has 0 aromatic heterocycles. The summed E-state index contributed by atoms with van der Waals surface area (Å²) >= 11 is 0. The molecule has 2 N–H and O–H groups in total. The van der Waals surface area contributed by atoms with Crippen molar-refractivity contribution in [2.75, 3.05) is 0 Å². The van der Waals surface area contributed by atoms with Crippen molar-refractivity contribution in [3.8, 4) is 0 Å². The molecule has 0 aromatic rings. The monoisotopic (exact) mass is 1240 g/mol. The van der Waals surface area contributed by atoms with Gasteiger partial charge in [-0.2, -0.15) is 0 Å². The van der Waals surface area contributed by atoms with Crippen LogP contribution in [0.25, 0.3) is 0 Å². The van der Waals surface area contributed by atoms with Crippen LogP contribution in [0.4, 0.5) is 0 Å². The zero-order chi connectivity index (χ0) is 65.3. The second kappa shape index (κ2) is 31.0. The molecule has 20 atom stereocenters. The van der Waals surface area contributed by atoms with Crippen LogP contribution in [-0.2, 0) is 57.2 Å². The maximum absolute atomic E-state index is 13.2. The highest BCUT2D eigenvalue weighted by molar-refractivity contribution is 5.82. The van der Waals surface area contributed by atoms with Gasteiger partial charge in [-0.3, -0.25) is 24.0 Å². The molecular formula is C75H112O14. The van der Waals surface area contributed by atoms with Crippen LogP contribution in [0.5, 0.6) is 0 Å². The van der Waals surface area contributed by atoms with E-state index in [0.717, 1.165) is 51.4 Å². The van der Waals surface area contributed by atoms with E-state index in [1.54, 1.807) is 0 Å². The van der Waals surface area contributed by atoms with Gasteiger partial charge in [0.2, 0.25) is 0 Å². The highest BCUT2D eigenvalue weighted by Crippen LogP contribution is 2.49. The highest BCUT2D eigenvalue weighted by atomic mass is 16.6. The third-order valence-corrected chi connectivity index (χ3v) is 21.7. The molecule has 2 aliphatic heterocycles. The Morgan fingerprint density at radius 2 is 0.933 bits per heavy atom. The standard InChI is InChI=1S/C50H76O10.C25H36O4/c1-11-49(7,8)47(55)59-41-23-29(3)21-33-15-13-31(5)39(45(33)41)19-17-35(51)25-36(52)26-43(53)58-38-27-37(57-44(54)28-38)18-20-40-32(6)14-16-34-22-30(4)24-42(46(34)40)60-48(56)50(9,10)12-2;1-6-25(4,5)24(27)29-21-15-16(2)14-18-11-10-17(3)20(23(18)21)13-12-19-8-7-9-22(26)28-19/h13-16,21-22,29-32,35-42,45-46,51-52H,11-12,17-20,23-28H2,1-10H3;7,9-11,14,16-17,19-21,23H,6,8,12-13,15H2,1-5H3/t29-,30+,31-,32+,35?,36?,37?,38?,39?,40?,41-,42+,45-,46+;16-,17-,19?,20-,21-,23-/m00/s1. The predicted octanol–water partition coefficient (Wildman–Crippen LogP) is 14.6. The molecule has 1 fully saturated rings. The minimum atomic E-state index is -1.11. The van der Waals surface area contributed by atoms with E-state index in [0.29, 0.717) is 56.3 Å². The molecule has 0 aromatic carbocycles. The van der Waals surface area contributed by atoms with Crippen molar-refractivity contribution in [3.05, 3.63) is 83.6 Å². The minimum absolute atomic E-state index is 0.0194. The lowest BCUT2D eigenvalue weighted by Crippen LogP contribution is -2.43. The first kappa shape index (κ1) is 71.4. The Hall–Kier alpha value is -5.08. The minimum Gasteiger partial charge on any atom is -0.462 e. The molecule has 0 saturated carbocycles. The number of hydrogen-bond acceptors (Lipinski definition) is 14. The van der Waals surface area contributed by atoms with E-state index < -0.39 is 52.6 Å². The molecule has 496 valence electrons. The van der Waals surface area contributed by atoms with Crippen LogP contribution in [0, 0.1) is 87.3 Å². The zero-order valence-corrected chi connectivity index (χ0v) is 56.7. The van der Waals surface area contributed by atoms with Crippen molar-refractivity contribution in [2.24, 2.45) is 87.3 Å². The first-order chi connectivity index (χ1) is 41.9. The van der Waals surface area contributed by atoms with Gasteiger partial charge in [-0.25, -0.2) is 4.79 Å². The fourth-order valence-electron chi connectivity index (χ4n) is 14.9. The van der Waals surface area contributed by atoms with Crippen molar-refractivity contribution in [1.82, 2.24) is 0 Å². The van der Waals surface area contributed by atoms with E-state index in [2.05, 4.69) is 96.2 Å². The lowest BCUT2D eigenvalue weighted by molar-refractivity contribution is -0.172. The smallest absolute Gasteiger partial charge is 0.330 e. The summed E-state index contributed by atoms with van der Waals surface area (Å²) in [5.74, 6) is 1.12. The molecule has 8 rings (SSSR count). The average Bonchev–Trinajstić information content (AvgIpc) is 0.844. The van der Waals surface area contributed by atoms with Crippen molar-refractivity contribution >= 4 is 35.8 Å². The van der Waals surface area contributed by atoms with Gasteiger partial charge in [0, 0.05) is 36.7 Å². The van der Waals surface area contributed by atoms with Gasteiger partial charge in [0.1, 0.15) is 36.6 Å². The average molecular weight is 1240 g/mol.